The van der Waals surface area contributed by atoms with E-state index in [0.717, 1.165) is 5.56 Å². The second-order valence-corrected chi connectivity index (χ2v) is 8.27. The Morgan fingerprint density at radius 2 is 2.12 bits per heavy atom. The molecule has 3 heterocycles. The number of nitrogens with zero attached hydrogens (tertiary/aromatic N) is 6. The first kappa shape index (κ1) is 21.8. The number of hydrogen-bond donors (Lipinski definition) is 0. The number of nitriles is 1. The number of aromatic nitrogens is 2. The number of aryl methyl sites for hydroxylation is 1. The molecule has 1 aliphatic heterocycles. The Morgan fingerprint density at radius 1 is 1.34 bits per heavy atom. The molecule has 0 amide bonds. The summed E-state index contributed by atoms with van der Waals surface area (Å²) in [5.41, 5.74) is 1.97. The first-order chi connectivity index (χ1) is 15.3. The summed E-state index contributed by atoms with van der Waals surface area (Å²) in [5.74, 6) is -0.236. The number of pyridine rings is 2. The van der Waals surface area contributed by atoms with E-state index in [4.69, 9.17) is 18.2 Å². The molecular weight excluding hydrogens is 431 g/mol. The Kier molecular flexibility index (Phi) is 5.84. The van der Waals surface area contributed by atoms with Gasteiger partial charge in [0.2, 0.25) is 5.52 Å². The van der Waals surface area contributed by atoms with Crippen LogP contribution in [0.2, 0.25) is 5.02 Å². The lowest BCUT2D eigenvalue weighted by Gasteiger charge is -2.41. The summed E-state index contributed by atoms with van der Waals surface area (Å²) in [6.07, 6.45) is 0. The third-order valence-corrected chi connectivity index (χ3v) is 6.18. The molecule has 1 aromatic carbocycles. The number of hydrogen-bond acceptors (Lipinski definition) is 5. The van der Waals surface area contributed by atoms with Gasteiger partial charge in [0.15, 0.2) is 0 Å². The number of piperazine rings is 1. The molecule has 3 aromatic rings. The molecule has 0 spiro atoms. The molecule has 1 atom stereocenters. The van der Waals surface area contributed by atoms with Gasteiger partial charge in [-0.25, -0.2) is 4.39 Å². The average molecular weight is 451 g/mol. The van der Waals surface area contributed by atoms with Crippen LogP contribution in [-0.4, -0.2) is 40.1 Å². The van der Waals surface area contributed by atoms with Crippen molar-refractivity contribution in [2.24, 2.45) is 7.05 Å². The van der Waals surface area contributed by atoms with Gasteiger partial charge in [-0.2, -0.15) is 5.26 Å². The van der Waals surface area contributed by atoms with Gasteiger partial charge in [-0.15, -0.1) is 4.98 Å². The summed E-state index contributed by atoms with van der Waals surface area (Å²) in [5, 5.41) is 9.86. The van der Waals surface area contributed by atoms with Gasteiger partial charge in [-0.3, -0.25) is 9.69 Å². The summed E-state index contributed by atoms with van der Waals surface area (Å²) < 4.78 is 15.2. The summed E-state index contributed by atoms with van der Waals surface area (Å²) in [6, 6.07) is 10.2. The summed E-state index contributed by atoms with van der Waals surface area (Å²) in [6.45, 7) is 11.7. The van der Waals surface area contributed by atoms with Crippen LogP contribution in [0.4, 0.5) is 15.9 Å². The third kappa shape index (κ3) is 3.80. The normalized spacial score (nSPS) is 16.7. The Labute approximate surface area is 189 Å². The van der Waals surface area contributed by atoms with E-state index in [1.54, 1.807) is 25.2 Å². The molecule has 1 saturated heterocycles. The van der Waals surface area contributed by atoms with Crippen LogP contribution in [0.1, 0.15) is 18.1 Å². The molecule has 0 unspecified atom stereocenters. The second-order valence-electron chi connectivity index (χ2n) is 7.86. The first-order valence-corrected chi connectivity index (χ1v) is 10.5. The topological polar surface area (TPSA) is 69.5 Å². The SMILES string of the molecule is [C-]#[N+]c1ccc2c(n1)c(N1CCN(Cc3ccc(Cl)c(F)c3)[C@H](C)C1)c(C#N)c(=O)n2C. The highest BCUT2D eigenvalue weighted by Crippen LogP contribution is 2.31. The molecule has 7 nitrogen and oxygen atoms in total. The molecule has 1 fully saturated rings. The van der Waals surface area contributed by atoms with E-state index in [1.165, 1.54) is 10.6 Å². The summed E-state index contributed by atoms with van der Waals surface area (Å²) in [7, 11) is 1.60. The van der Waals surface area contributed by atoms with Gasteiger partial charge in [0.25, 0.3) is 11.4 Å². The smallest absolute Gasteiger partial charge is 0.271 e. The van der Waals surface area contributed by atoms with Gasteiger partial charge in [0.05, 0.1) is 10.5 Å². The molecule has 0 saturated carbocycles. The van der Waals surface area contributed by atoms with Crippen molar-refractivity contribution in [3.63, 3.8) is 0 Å². The lowest BCUT2D eigenvalue weighted by molar-refractivity contribution is 0.181. The zero-order valence-corrected chi connectivity index (χ0v) is 18.4. The Morgan fingerprint density at radius 3 is 2.78 bits per heavy atom. The van der Waals surface area contributed by atoms with E-state index in [2.05, 4.69) is 14.7 Å². The minimum absolute atomic E-state index is 0.0232. The summed E-state index contributed by atoms with van der Waals surface area (Å²) >= 11 is 5.79. The van der Waals surface area contributed by atoms with Crippen molar-refractivity contribution in [1.82, 2.24) is 14.5 Å². The van der Waals surface area contributed by atoms with Crippen LogP contribution in [0.15, 0.2) is 35.1 Å². The number of anilines is 1. The molecule has 162 valence electrons. The predicted molar refractivity (Wildman–Crippen MR) is 121 cm³/mol. The van der Waals surface area contributed by atoms with E-state index in [-0.39, 0.29) is 28.0 Å². The maximum Gasteiger partial charge on any atom is 0.271 e. The first-order valence-electron chi connectivity index (χ1n) is 10.1. The molecule has 1 aliphatic rings. The van der Waals surface area contributed by atoms with Crippen molar-refractivity contribution >= 4 is 34.1 Å². The van der Waals surface area contributed by atoms with Gasteiger partial charge in [0, 0.05) is 39.3 Å². The third-order valence-electron chi connectivity index (χ3n) is 5.88. The Balaban J connectivity index is 1.69. The molecule has 9 heteroatoms. The fraction of sp³-hybridized carbons (Fsp3) is 0.304. The largest absolute Gasteiger partial charge is 0.364 e. The van der Waals surface area contributed by atoms with Gasteiger partial charge >= 0.3 is 0 Å². The molecular formula is C23H20ClFN6O. The highest BCUT2D eigenvalue weighted by Gasteiger charge is 2.30. The summed E-state index contributed by atoms with van der Waals surface area (Å²) in [4.78, 5) is 24.9. The van der Waals surface area contributed by atoms with Crippen LogP contribution in [0.3, 0.4) is 0 Å². The minimum Gasteiger partial charge on any atom is -0.364 e. The van der Waals surface area contributed by atoms with Gasteiger partial charge in [-0.05, 0) is 36.8 Å². The molecule has 0 aliphatic carbocycles. The quantitative estimate of drug-likeness (QED) is 0.567. The van der Waals surface area contributed by atoms with Crippen LogP contribution in [0, 0.1) is 23.7 Å². The van der Waals surface area contributed by atoms with Crippen molar-refractivity contribution in [2.75, 3.05) is 24.5 Å². The van der Waals surface area contributed by atoms with Crippen LogP contribution >= 0.6 is 11.6 Å². The van der Waals surface area contributed by atoms with Crippen LogP contribution in [0.25, 0.3) is 15.9 Å². The van der Waals surface area contributed by atoms with Gasteiger partial charge < -0.3 is 14.3 Å². The van der Waals surface area contributed by atoms with E-state index < -0.39 is 5.82 Å². The van der Waals surface area contributed by atoms with E-state index in [9.17, 15) is 14.4 Å². The van der Waals surface area contributed by atoms with Gasteiger partial charge in [0.1, 0.15) is 23.1 Å². The lowest BCUT2D eigenvalue weighted by Crippen LogP contribution is -2.52. The van der Waals surface area contributed by atoms with Crippen LogP contribution in [-0.2, 0) is 13.6 Å². The van der Waals surface area contributed by atoms with Gasteiger partial charge in [-0.1, -0.05) is 24.2 Å². The number of halogens is 2. The predicted octanol–water partition coefficient (Wildman–Crippen LogP) is 3.86. The number of benzene rings is 1. The highest BCUT2D eigenvalue weighted by atomic mass is 35.5. The van der Waals surface area contributed by atoms with Crippen molar-refractivity contribution in [3.8, 4) is 6.07 Å². The number of rotatable bonds is 3. The monoisotopic (exact) mass is 450 g/mol. The lowest BCUT2D eigenvalue weighted by atomic mass is 10.1. The fourth-order valence-corrected chi connectivity index (χ4v) is 4.28. The minimum atomic E-state index is -0.442. The Hall–Kier alpha value is -3.46. The molecule has 2 aromatic heterocycles. The molecule has 32 heavy (non-hydrogen) atoms. The van der Waals surface area contributed by atoms with Crippen molar-refractivity contribution < 1.29 is 4.39 Å². The molecule has 0 N–H and O–H groups in total. The van der Waals surface area contributed by atoms with Crippen LogP contribution in [0.5, 0.6) is 0 Å². The van der Waals surface area contributed by atoms with Crippen molar-refractivity contribution in [3.05, 3.63) is 74.1 Å². The Bertz CT molecular complexity index is 1360. The van der Waals surface area contributed by atoms with Crippen molar-refractivity contribution in [1.29, 1.82) is 5.26 Å². The van der Waals surface area contributed by atoms with Crippen LogP contribution < -0.4 is 10.5 Å². The molecule has 0 bridgehead atoms. The second kappa shape index (κ2) is 8.58. The number of fused-ring (bicyclic) bond motifs is 1. The van der Waals surface area contributed by atoms with E-state index in [1.807, 2.05) is 24.0 Å². The zero-order chi connectivity index (χ0) is 23.0. The highest BCUT2D eigenvalue weighted by molar-refractivity contribution is 6.30. The van der Waals surface area contributed by atoms with E-state index >= 15 is 0 Å². The maximum absolute atomic E-state index is 13.8. The van der Waals surface area contributed by atoms with E-state index in [0.29, 0.717) is 42.9 Å². The molecule has 4 rings (SSSR count). The maximum atomic E-state index is 13.8. The average Bonchev–Trinajstić information content (AvgIpc) is 2.79. The van der Waals surface area contributed by atoms with Crippen molar-refractivity contribution in [2.45, 2.75) is 19.5 Å². The zero-order valence-electron chi connectivity index (χ0n) is 17.6. The fourth-order valence-electron chi connectivity index (χ4n) is 4.16. The molecule has 0 radical (unpaired) electrons. The standard InChI is InChI=1S/C23H20ClFN6O/c1-14-12-31(9-8-30(14)13-15-4-5-17(24)18(25)10-15)22-16(11-26)23(32)29(3)19-6-7-20(27-2)28-21(19)22/h4-7,10,14H,8-9,12-13H2,1,3H3/t14-/m1/s1.